The molecule has 4 nitrogen and oxygen atoms in total. The molecule has 1 amide bonds. The van der Waals surface area contributed by atoms with Gasteiger partial charge in [-0.2, -0.15) is 0 Å². The maximum atomic E-state index is 11.9. The van der Waals surface area contributed by atoms with Gasteiger partial charge in [0.15, 0.2) is 0 Å². The summed E-state index contributed by atoms with van der Waals surface area (Å²) in [6.45, 7) is 7.03. The predicted octanol–water partition coefficient (Wildman–Crippen LogP) is 2.91. The standard InChI is InChI=1S/C15H21NO3/c1-11-5-7-12(8-6-11)13-9-16(14(17)18-4)15(2,3)10-19-13/h5-8,13H,9-10H2,1-4H3. The van der Waals surface area contributed by atoms with Gasteiger partial charge in [-0.05, 0) is 26.3 Å². The topological polar surface area (TPSA) is 38.8 Å². The molecule has 1 aromatic carbocycles. The Balaban J connectivity index is 2.18. The molecule has 1 unspecified atom stereocenters. The lowest BCUT2D eigenvalue weighted by Gasteiger charge is -2.44. The molecular formula is C15H21NO3. The third-order valence-electron chi connectivity index (χ3n) is 3.56. The second kappa shape index (κ2) is 5.21. The van der Waals surface area contributed by atoms with E-state index in [0.29, 0.717) is 13.2 Å². The summed E-state index contributed by atoms with van der Waals surface area (Å²) < 4.78 is 10.8. The minimum absolute atomic E-state index is 0.0901. The minimum atomic E-state index is -0.339. The summed E-state index contributed by atoms with van der Waals surface area (Å²) in [5.41, 5.74) is 1.97. The number of carbonyl (C=O) groups is 1. The molecule has 0 bridgehead atoms. The Morgan fingerprint density at radius 3 is 2.58 bits per heavy atom. The Kier molecular flexibility index (Phi) is 3.80. The smallest absolute Gasteiger partial charge is 0.410 e. The second-order valence-electron chi connectivity index (χ2n) is 5.60. The fraction of sp³-hybridized carbons (Fsp3) is 0.533. The average Bonchev–Trinajstić information content (AvgIpc) is 2.39. The van der Waals surface area contributed by atoms with Crippen LogP contribution in [-0.2, 0) is 9.47 Å². The van der Waals surface area contributed by atoms with Crippen LogP contribution in [0.25, 0.3) is 0 Å². The van der Waals surface area contributed by atoms with Crippen LogP contribution in [0.5, 0.6) is 0 Å². The van der Waals surface area contributed by atoms with Crippen LogP contribution in [0, 0.1) is 6.92 Å². The molecule has 0 aromatic heterocycles. The first kappa shape index (κ1) is 13.9. The zero-order valence-electron chi connectivity index (χ0n) is 12.0. The Bertz CT molecular complexity index is 453. The van der Waals surface area contributed by atoms with Crippen LogP contribution in [0.3, 0.4) is 0 Å². The molecule has 0 saturated carbocycles. The summed E-state index contributed by atoms with van der Waals surface area (Å²) in [5.74, 6) is 0. The highest BCUT2D eigenvalue weighted by Gasteiger charge is 2.39. The molecule has 0 aliphatic carbocycles. The molecule has 19 heavy (non-hydrogen) atoms. The van der Waals surface area contributed by atoms with Crippen molar-refractivity contribution in [2.24, 2.45) is 0 Å². The molecule has 2 rings (SSSR count). The largest absolute Gasteiger partial charge is 0.453 e. The van der Waals surface area contributed by atoms with Crippen molar-refractivity contribution in [2.75, 3.05) is 20.3 Å². The van der Waals surface area contributed by atoms with E-state index in [0.717, 1.165) is 5.56 Å². The molecule has 0 radical (unpaired) electrons. The maximum Gasteiger partial charge on any atom is 0.410 e. The first-order chi connectivity index (χ1) is 8.94. The third kappa shape index (κ3) is 2.89. The molecule has 1 atom stereocenters. The summed E-state index contributed by atoms with van der Waals surface area (Å²) in [5, 5.41) is 0. The number of amides is 1. The Hall–Kier alpha value is -1.55. The predicted molar refractivity (Wildman–Crippen MR) is 73.1 cm³/mol. The molecule has 1 saturated heterocycles. The Labute approximate surface area is 114 Å². The van der Waals surface area contributed by atoms with E-state index in [4.69, 9.17) is 9.47 Å². The fourth-order valence-corrected chi connectivity index (χ4v) is 2.26. The number of aryl methyl sites for hydroxylation is 1. The van der Waals surface area contributed by atoms with Gasteiger partial charge in [0.1, 0.15) is 6.10 Å². The van der Waals surface area contributed by atoms with Gasteiger partial charge in [-0.25, -0.2) is 4.79 Å². The highest BCUT2D eigenvalue weighted by atomic mass is 16.5. The monoisotopic (exact) mass is 263 g/mol. The van der Waals surface area contributed by atoms with Gasteiger partial charge in [0, 0.05) is 0 Å². The van der Waals surface area contributed by atoms with Crippen molar-refractivity contribution in [3.63, 3.8) is 0 Å². The highest BCUT2D eigenvalue weighted by Crippen LogP contribution is 2.30. The van der Waals surface area contributed by atoms with E-state index < -0.39 is 0 Å². The van der Waals surface area contributed by atoms with E-state index in [1.807, 2.05) is 26.0 Å². The third-order valence-corrected chi connectivity index (χ3v) is 3.56. The van der Waals surface area contributed by atoms with E-state index >= 15 is 0 Å². The van der Waals surface area contributed by atoms with Gasteiger partial charge in [0.2, 0.25) is 0 Å². The van der Waals surface area contributed by atoms with Gasteiger partial charge < -0.3 is 9.47 Å². The molecule has 1 aliphatic heterocycles. The van der Waals surface area contributed by atoms with E-state index in [-0.39, 0.29) is 17.7 Å². The van der Waals surface area contributed by atoms with Crippen LogP contribution in [0.4, 0.5) is 4.79 Å². The summed E-state index contributed by atoms with van der Waals surface area (Å²) in [4.78, 5) is 13.6. The van der Waals surface area contributed by atoms with Crippen molar-refractivity contribution in [1.29, 1.82) is 0 Å². The lowest BCUT2D eigenvalue weighted by atomic mass is 9.98. The summed E-state index contributed by atoms with van der Waals surface area (Å²) >= 11 is 0. The SMILES string of the molecule is COC(=O)N1CC(c2ccc(C)cc2)OCC1(C)C. The molecule has 1 aromatic rings. The van der Waals surface area contributed by atoms with Gasteiger partial charge >= 0.3 is 6.09 Å². The van der Waals surface area contributed by atoms with Gasteiger partial charge in [0.05, 0.1) is 25.8 Å². The highest BCUT2D eigenvalue weighted by molar-refractivity contribution is 5.68. The van der Waals surface area contributed by atoms with Crippen molar-refractivity contribution >= 4 is 6.09 Å². The maximum absolute atomic E-state index is 11.9. The van der Waals surface area contributed by atoms with Crippen molar-refractivity contribution in [2.45, 2.75) is 32.4 Å². The summed E-state index contributed by atoms with van der Waals surface area (Å²) in [6, 6.07) is 8.21. The van der Waals surface area contributed by atoms with Gasteiger partial charge in [-0.3, -0.25) is 4.90 Å². The van der Waals surface area contributed by atoms with E-state index in [1.165, 1.54) is 12.7 Å². The lowest BCUT2D eigenvalue weighted by molar-refractivity contribution is -0.0897. The van der Waals surface area contributed by atoms with Crippen LogP contribution in [0.15, 0.2) is 24.3 Å². The Morgan fingerprint density at radius 2 is 2.00 bits per heavy atom. The number of hydrogen-bond donors (Lipinski definition) is 0. The van der Waals surface area contributed by atoms with Crippen molar-refractivity contribution in [3.8, 4) is 0 Å². The molecule has 1 aliphatic rings. The average molecular weight is 263 g/mol. The first-order valence-corrected chi connectivity index (χ1v) is 6.48. The zero-order chi connectivity index (χ0) is 14.0. The van der Waals surface area contributed by atoms with E-state index in [1.54, 1.807) is 4.90 Å². The Morgan fingerprint density at radius 1 is 1.37 bits per heavy atom. The second-order valence-corrected chi connectivity index (χ2v) is 5.60. The molecule has 104 valence electrons. The van der Waals surface area contributed by atoms with Crippen molar-refractivity contribution < 1.29 is 14.3 Å². The number of rotatable bonds is 1. The number of carbonyl (C=O) groups excluding carboxylic acids is 1. The van der Waals surface area contributed by atoms with Gasteiger partial charge in [0.25, 0.3) is 0 Å². The molecule has 1 heterocycles. The van der Waals surface area contributed by atoms with E-state index in [2.05, 4.69) is 19.1 Å². The quantitative estimate of drug-likeness (QED) is 0.782. The van der Waals surface area contributed by atoms with Gasteiger partial charge in [-0.15, -0.1) is 0 Å². The van der Waals surface area contributed by atoms with Crippen LogP contribution < -0.4 is 0 Å². The lowest BCUT2D eigenvalue weighted by Crippen LogP contribution is -2.56. The number of morpholine rings is 1. The van der Waals surface area contributed by atoms with Gasteiger partial charge in [-0.1, -0.05) is 29.8 Å². The number of nitrogens with zero attached hydrogens (tertiary/aromatic N) is 1. The molecule has 0 spiro atoms. The molecule has 4 heteroatoms. The molecular weight excluding hydrogens is 242 g/mol. The van der Waals surface area contributed by atoms with Crippen molar-refractivity contribution in [1.82, 2.24) is 4.90 Å². The molecule has 1 fully saturated rings. The number of hydrogen-bond acceptors (Lipinski definition) is 3. The zero-order valence-corrected chi connectivity index (χ0v) is 12.0. The summed E-state index contributed by atoms with van der Waals surface area (Å²) in [6.07, 6.45) is -0.391. The number of ether oxygens (including phenoxy) is 2. The van der Waals surface area contributed by atoms with Crippen LogP contribution in [0.2, 0.25) is 0 Å². The normalized spacial score (nSPS) is 22.1. The van der Waals surface area contributed by atoms with Crippen LogP contribution in [-0.4, -0.2) is 36.8 Å². The number of methoxy groups -OCH3 is 1. The molecule has 0 N–H and O–H groups in total. The fourth-order valence-electron chi connectivity index (χ4n) is 2.26. The van der Waals surface area contributed by atoms with Crippen molar-refractivity contribution in [3.05, 3.63) is 35.4 Å². The number of benzene rings is 1. The van der Waals surface area contributed by atoms with Crippen LogP contribution >= 0.6 is 0 Å². The summed E-state index contributed by atoms with van der Waals surface area (Å²) in [7, 11) is 1.41. The first-order valence-electron chi connectivity index (χ1n) is 6.48. The minimum Gasteiger partial charge on any atom is -0.453 e. The van der Waals surface area contributed by atoms with Crippen LogP contribution in [0.1, 0.15) is 31.1 Å². The van der Waals surface area contributed by atoms with E-state index in [9.17, 15) is 4.79 Å².